The summed E-state index contributed by atoms with van der Waals surface area (Å²) in [6.45, 7) is 1.86. The SMILES string of the molecule is CC(I)c1cccc(C(F)(F)F)c1. The third-order valence-electron chi connectivity index (χ3n) is 1.67. The lowest BCUT2D eigenvalue weighted by Gasteiger charge is -2.09. The lowest BCUT2D eigenvalue weighted by molar-refractivity contribution is -0.137. The van der Waals surface area contributed by atoms with Gasteiger partial charge >= 0.3 is 6.18 Å². The molecule has 0 aliphatic heterocycles. The third kappa shape index (κ3) is 2.86. The molecule has 0 saturated heterocycles. The first-order chi connectivity index (χ1) is 5.91. The van der Waals surface area contributed by atoms with Crippen LogP contribution in [0.3, 0.4) is 0 Å². The molecule has 0 spiro atoms. The quantitative estimate of drug-likeness (QED) is 0.538. The van der Waals surface area contributed by atoms with E-state index in [0.29, 0.717) is 5.56 Å². The number of hydrogen-bond donors (Lipinski definition) is 0. The molecule has 0 nitrogen and oxygen atoms in total. The van der Waals surface area contributed by atoms with Crippen molar-refractivity contribution in [2.24, 2.45) is 0 Å². The lowest BCUT2D eigenvalue weighted by Crippen LogP contribution is -2.05. The van der Waals surface area contributed by atoms with E-state index in [0.717, 1.165) is 6.07 Å². The van der Waals surface area contributed by atoms with Crippen LogP contribution in [0.2, 0.25) is 0 Å². The zero-order chi connectivity index (χ0) is 10.1. The van der Waals surface area contributed by atoms with Crippen LogP contribution in [0.1, 0.15) is 22.0 Å². The van der Waals surface area contributed by atoms with Gasteiger partial charge in [0.05, 0.1) is 5.56 Å². The molecule has 0 amide bonds. The van der Waals surface area contributed by atoms with Crippen molar-refractivity contribution in [1.82, 2.24) is 0 Å². The number of alkyl halides is 4. The van der Waals surface area contributed by atoms with Crippen molar-refractivity contribution in [3.8, 4) is 0 Å². The number of halogens is 4. The van der Waals surface area contributed by atoms with Crippen molar-refractivity contribution < 1.29 is 13.2 Å². The first-order valence-corrected chi connectivity index (χ1v) is 4.97. The van der Waals surface area contributed by atoms with Crippen LogP contribution in [0.15, 0.2) is 24.3 Å². The van der Waals surface area contributed by atoms with Crippen LogP contribution in [0, 0.1) is 0 Å². The van der Waals surface area contributed by atoms with Gasteiger partial charge in [-0.15, -0.1) is 0 Å². The maximum Gasteiger partial charge on any atom is 0.416 e. The summed E-state index contributed by atoms with van der Waals surface area (Å²) < 4.78 is 36.8. The van der Waals surface area contributed by atoms with E-state index in [-0.39, 0.29) is 3.92 Å². The van der Waals surface area contributed by atoms with E-state index in [4.69, 9.17) is 0 Å². The monoisotopic (exact) mass is 300 g/mol. The smallest absolute Gasteiger partial charge is 0.166 e. The van der Waals surface area contributed by atoms with Crippen LogP contribution >= 0.6 is 22.6 Å². The molecule has 0 saturated carbocycles. The van der Waals surface area contributed by atoms with Crippen LogP contribution in [-0.4, -0.2) is 0 Å². The van der Waals surface area contributed by atoms with Crippen molar-refractivity contribution >= 4 is 22.6 Å². The molecular weight excluding hydrogens is 292 g/mol. The summed E-state index contributed by atoms with van der Waals surface area (Å²) in [4.78, 5) is 0. The average molecular weight is 300 g/mol. The molecule has 0 radical (unpaired) electrons. The molecule has 4 heteroatoms. The summed E-state index contributed by atoms with van der Waals surface area (Å²) in [7, 11) is 0. The van der Waals surface area contributed by atoms with Gasteiger partial charge in [-0.2, -0.15) is 13.2 Å². The van der Waals surface area contributed by atoms with Gasteiger partial charge in [-0.25, -0.2) is 0 Å². The summed E-state index contributed by atoms with van der Waals surface area (Å²) in [5.74, 6) is 0. The van der Waals surface area contributed by atoms with Gasteiger partial charge in [-0.05, 0) is 18.6 Å². The predicted molar refractivity (Wildman–Crippen MR) is 53.9 cm³/mol. The fourth-order valence-electron chi connectivity index (χ4n) is 0.962. The van der Waals surface area contributed by atoms with E-state index < -0.39 is 11.7 Å². The molecule has 0 aliphatic carbocycles. The molecule has 13 heavy (non-hydrogen) atoms. The van der Waals surface area contributed by atoms with Crippen molar-refractivity contribution in [3.05, 3.63) is 35.4 Å². The van der Waals surface area contributed by atoms with Crippen LogP contribution in [0.5, 0.6) is 0 Å². The molecule has 0 aliphatic rings. The summed E-state index contributed by atoms with van der Waals surface area (Å²) in [5.41, 5.74) is 0.129. The highest BCUT2D eigenvalue weighted by molar-refractivity contribution is 14.1. The van der Waals surface area contributed by atoms with Crippen LogP contribution in [0.25, 0.3) is 0 Å². The zero-order valence-corrected chi connectivity index (χ0v) is 9.06. The molecule has 1 aromatic rings. The van der Waals surface area contributed by atoms with Crippen molar-refractivity contribution in [1.29, 1.82) is 0 Å². The van der Waals surface area contributed by atoms with E-state index in [2.05, 4.69) is 22.6 Å². The Morgan fingerprint density at radius 3 is 2.38 bits per heavy atom. The summed E-state index contributed by atoms with van der Waals surface area (Å²) in [6.07, 6.45) is -4.23. The minimum absolute atomic E-state index is 0.0971. The highest BCUT2D eigenvalue weighted by Crippen LogP contribution is 2.32. The molecule has 0 N–H and O–H groups in total. The molecule has 0 bridgehead atoms. The molecule has 0 aromatic heterocycles. The van der Waals surface area contributed by atoms with Crippen molar-refractivity contribution in [3.63, 3.8) is 0 Å². The number of rotatable bonds is 1. The van der Waals surface area contributed by atoms with Gasteiger partial charge in [0.2, 0.25) is 0 Å². The van der Waals surface area contributed by atoms with Gasteiger partial charge in [-0.3, -0.25) is 0 Å². The van der Waals surface area contributed by atoms with Gasteiger partial charge in [0.15, 0.2) is 0 Å². The fraction of sp³-hybridized carbons (Fsp3) is 0.333. The number of hydrogen-bond acceptors (Lipinski definition) is 0. The van der Waals surface area contributed by atoms with E-state index in [9.17, 15) is 13.2 Å². The Kier molecular flexibility index (Phi) is 3.21. The molecule has 0 heterocycles. The van der Waals surface area contributed by atoms with Crippen molar-refractivity contribution in [2.45, 2.75) is 17.0 Å². The molecule has 1 aromatic carbocycles. The topological polar surface area (TPSA) is 0 Å². The number of benzene rings is 1. The van der Waals surface area contributed by atoms with Gasteiger partial charge in [0.1, 0.15) is 0 Å². The standard InChI is InChI=1S/C9H8F3I/c1-6(13)7-3-2-4-8(5-7)9(10,11)12/h2-6H,1H3. The molecule has 0 fully saturated rings. The van der Waals surface area contributed by atoms with Gasteiger partial charge in [-0.1, -0.05) is 40.8 Å². The maximum absolute atomic E-state index is 12.2. The Labute approximate surface area is 88.3 Å². The zero-order valence-electron chi connectivity index (χ0n) is 6.90. The Hall–Kier alpha value is -0.260. The summed E-state index contributed by atoms with van der Waals surface area (Å²) in [5, 5.41) is 0. The second kappa shape index (κ2) is 3.86. The van der Waals surface area contributed by atoms with E-state index >= 15 is 0 Å². The fourth-order valence-corrected chi connectivity index (χ4v) is 1.35. The van der Waals surface area contributed by atoms with Gasteiger partial charge in [0.25, 0.3) is 0 Å². The Morgan fingerprint density at radius 2 is 1.92 bits per heavy atom. The first kappa shape index (κ1) is 10.8. The Morgan fingerprint density at radius 1 is 1.31 bits per heavy atom. The van der Waals surface area contributed by atoms with E-state index in [1.54, 1.807) is 6.07 Å². The maximum atomic E-state index is 12.2. The molecule has 1 atom stereocenters. The van der Waals surface area contributed by atoms with Gasteiger partial charge < -0.3 is 0 Å². The second-order valence-electron chi connectivity index (χ2n) is 2.74. The van der Waals surface area contributed by atoms with Crippen LogP contribution in [-0.2, 0) is 6.18 Å². The van der Waals surface area contributed by atoms with E-state index in [1.165, 1.54) is 12.1 Å². The highest BCUT2D eigenvalue weighted by Gasteiger charge is 2.30. The summed E-state index contributed by atoms with van der Waals surface area (Å²) >= 11 is 2.09. The van der Waals surface area contributed by atoms with E-state index in [1.807, 2.05) is 6.92 Å². The second-order valence-corrected chi connectivity index (χ2v) is 4.61. The Bertz CT molecular complexity index is 291. The first-order valence-electron chi connectivity index (χ1n) is 3.72. The van der Waals surface area contributed by atoms with Crippen molar-refractivity contribution in [2.75, 3.05) is 0 Å². The molecule has 72 valence electrons. The average Bonchev–Trinajstić information content (AvgIpc) is 2.03. The largest absolute Gasteiger partial charge is 0.416 e. The molecule has 1 rings (SSSR count). The third-order valence-corrected chi connectivity index (χ3v) is 2.39. The minimum Gasteiger partial charge on any atom is -0.166 e. The van der Waals surface area contributed by atoms with Crippen LogP contribution in [0.4, 0.5) is 13.2 Å². The molecule has 1 unspecified atom stereocenters. The summed E-state index contributed by atoms with van der Waals surface area (Å²) in [6, 6.07) is 5.42. The van der Waals surface area contributed by atoms with Crippen LogP contribution < -0.4 is 0 Å². The minimum atomic E-state index is -4.23. The predicted octanol–water partition coefficient (Wildman–Crippen LogP) is 4.20. The normalized spacial score (nSPS) is 14.2. The lowest BCUT2D eigenvalue weighted by atomic mass is 10.1. The Balaban J connectivity index is 3.06. The van der Waals surface area contributed by atoms with Gasteiger partial charge in [0, 0.05) is 3.92 Å². The molecular formula is C9H8F3I. The highest BCUT2D eigenvalue weighted by atomic mass is 127.